The quantitative estimate of drug-likeness (QED) is 0.552. The van der Waals surface area contributed by atoms with Crippen LogP contribution in [0.2, 0.25) is 0 Å². The van der Waals surface area contributed by atoms with E-state index in [9.17, 15) is 4.79 Å². The molecule has 0 bridgehead atoms. The van der Waals surface area contributed by atoms with E-state index in [0.717, 1.165) is 25.1 Å². The Morgan fingerprint density at radius 1 is 1.71 bits per heavy atom. The van der Waals surface area contributed by atoms with Crippen molar-refractivity contribution in [3.8, 4) is 0 Å². The van der Waals surface area contributed by atoms with Crippen LogP contribution in [0.25, 0.3) is 0 Å². The smallest absolute Gasteiger partial charge is 0.341 e. The van der Waals surface area contributed by atoms with Gasteiger partial charge in [0.25, 0.3) is 0 Å². The van der Waals surface area contributed by atoms with E-state index < -0.39 is 0 Å². The normalized spacial score (nSPS) is 14.1. The maximum Gasteiger partial charge on any atom is 0.341 e. The van der Waals surface area contributed by atoms with Gasteiger partial charge >= 0.3 is 5.97 Å². The number of hydrogen-bond acceptors (Lipinski definition) is 3. The molecule has 0 aliphatic carbocycles. The molecule has 4 nitrogen and oxygen atoms in total. The van der Waals surface area contributed by atoms with Gasteiger partial charge < -0.3 is 4.74 Å². The van der Waals surface area contributed by atoms with Crippen molar-refractivity contribution in [1.29, 1.82) is 0 Å². The number of ether oxygens (including phenoxy) is 1. The Labute approximate surface area is 86.8 Å². The van der Waals surface area contributed by atoms with Crippen LogP contribution in [-0.4, -0.2) is 22.9 Å². The largest absolute Gasteiger partial charge is 0.465 e. The van der Waals surface area contributed by atoms with Crippen LogP contribution in [0.4, 0.5) is 0 Å². The topological polar surface area (TPSA) is 44.1 Å². The van der Waals surface area contributed by atoms with Crippen LogP contribution >= 0.6 is 11.6 Å². The first kappa shape index (κ1) is 9.52. The highest BCUT2D eigenvalue weighted by atomic mass is 35.5. The van der Waals surface area contributed by atoms with Crippen molar-refractivity contribution in [3.63, 3.8) is 0 Å². The van der Waals surface area contributed by atoms with Crippen molar-refractivity contribution in [2.45, 2.75) is 25.3 Å². The number of rotatable bonds is 2. The Balaban J connectivity index is 2.49. The monoisotopic (exact) mass is 214 g/mol. The molecule has 1 aromatic heterocycles. The lowest BCUT2D eigenvalue weighted by Gasteiger charge is -1.99. The zero-order chi connectivity index (χ0) is 10.1. The fourth-order valence-electron chi connectivity index (χ4n) is 1.82. The van der Waals surface area contributed by atoms with Crippen molar-refractivity contribution >= 4 is 17.6 Å². The summed E-state index contributed by atoms with van der Waals surface area (Å²) in [6, 6.07) is 0. The predicted octanol–water partition coefficient (Wildman–Crippen LogP) is 1.35. The zero-order valence-corrected chi connectivity index (χ0v) is 8.67. The van der Waals surface area contributed by atoms with E-state index in [1.54, 1.807) is 0 Å². The molecule has 14 heavy (non-hydrogen) atoms. The molecule has 0 atom stereocenters. The molecule has 0 saturated carbocycles. The Bertz CT molecular complexity index is 373. The Hall–Kier alpha value is -1.03. The predicted molar refractivity (Wildman–Crippen MR) is 51.4 cm³/mol. The fourth-order valence-corrected chi connectivity index (χ4v) is 2.01. The van der Waals surface area contributed by atoms with E-state index in [2.05, 4.69) is 5.10 Å². The number of methoxy groups -OCH3 is 1. The molecule has 1 aromatic rings. The van der Waals surface area contributed by atoms with Gasteiger partial charge in [-0.1, -0.05) is 0 Å². The van der Waals surface area contributed by atoms with Gasteiger partial charge in [0.2, 0.25) is 0 Å². The molecule has 2 rings (SSSR count). The maximum absolute atomic E-state index is 11.5. The number of aromatic nitrogens is 2. The number of alkyl halides is 1. The number of carbonyl (C=O) groups excluding carboxylic acids is 1. The third kappa shape index (κ3) is 1.30. The van der Waals surface area contributed by atoms with Gasteiger partial charge in [-0.15, -0.1) is 11.6 Å². The molecule has 1 aliphatic heterocycles. The van der Waals surface area contributed by atoms with Crippen LogP contribution in [0.3, 0.4) is 0 Å². The van der Waals surface area contributed by atoms with Gasteiger partial charge in [0.15, 0.2) is 0 Å². The Kier molecular flexibility index (Phi) is 2.46. The maximum atomic E-state index is 11.5. The van der Waals surface area contributed by atoms with Gasteiger partial charge in [-0.05, 0) is 12.8 Å². The summed E-state index contributed by atoms with van der Waals surface area (Å²) in [5.74, 6) is -0.0754. The molecule has 76 valence electrons. The summed E-state index contributed by atoms with van der Waals surface area (Å²) in [6.45, 7) is 0.871. The van der Waals surface area contributed by atoms with Crippen molar-refractivity contribution in [3.05, 3.63) is 17.0 Å². The number of esters is 1. The summed E-state index contributed by atoms with van der Waals surface area (Å²) >= 11 is 5.72. The molecule has 0 aromatic carbocycles. The van der Waals surface area contributed by atoms with E-state index in [1.807, 2.05) is 4.68 Å². The second-order valence-electron chi connectivity index (χ2n) is 3.22. The molecule has 0 saturated heterocycles. The zero-order valence-electron chi connectivity index (χ0n) is 7.92. The summed E-state index contributed by atoms with van der Waals surface area (Å²) in [5, 5.41) is 4.26. The van der Waals surface area contributed by atoms with E-state index in [-0.39, 0.29) is 11.8 Å². The van der Waals surface area contributed by atoms with Crippen LogP contribution in [0.1, 0.15) is 28.2 Å². The van der Waals surface area contributed by atoms with Crippen LogP contribution < -0.4 is 0 Å². The molecule has 1 aliphatic rings. The van der Waals surface area contributed by atoms with Gasteiger partial charge in [-0.3, -0.25) is 4.68 Å². The first-order valence-electron chi connectivity index (χ1n) is 4.50. The van der Waals surface area contributed by atoms with Crippen LogP contribution in [-0.2, 0) is 23.6 Å². The molecule has 0 spiro atoms. The molecule has 0 fully saturated rings. The third-order valence-electron chi connectivity index (χ3n) is 2.43. The second kappa shape index (κ2) is 3.61. The highest BCUT2D eigenvalue weighted by Crippen LogP contribution is 2.23. The molecule has 0 unspecified atom stereocenters. The second-order valence-corrected chi connectivity index (χ2v) is 3.49. The van der Waals surface area contributed by atoms with E-state index in [0.29, 0.717) is 11.3 Å². The standard InChI is InChI=1S/C9H11ClN2O2/c1-14-9(13)8-6(5-10)11-12-4-2-3-7(8)12/h2-5H2,1H3. The minimum absolute atomic E-state index is 0.254. The van der Waals surface area contributed by atoms with Gasteiger partial charge in [0, 0.05) is 6.54 Å². The average Bonchev–Trinajstić information content (AvgIpc) is 2.74. The number of hydrogen-bond donors (Lipinski definition) is 0. The highest BCUT2D eigenvalue weighted by molar-refractivity contribution is 6.17. The first-order chi connectivity index (χ1) is 6.77. The summed E-state index contributed by atoms with van der Waals surface area (Å²) in [6.07, 6.45) is 1.92. The van der Waals surface area contributed by atoms with Gasteiger partial charge in [-0.25, -0.2) is 4.79 Å². The van der Waals surface area contributed by atoms with Crippen LogP contribution in [0.15, 0.2) is 0 Å². The summed E-state index contributed by atoms with van der Waals surface area (Å²) < 4.78 is 6.56. The fraction of sp³-hybridized carbons (Fsp3) is 0.556. The van der Waals surface area contributed by atoms with E-state index >= 15 is 0 Å². The Morgan fingerprint density at radius 2 is 2.50 bits per heavy atom. The number of halogens is 1. The first-order valence-corrected chi connectivity index (χ1v) is 5.04. The lowest BCUT2D eigenvalue weighted by Crippen LogP contribution is -2.05. The van der Waals surface area contributed by atoms with Gasteiger partial charge in [0.05, 0.1) is 24.4 Å². The molecular weight excluding hydrogens is 204 g/mol. The molecule has 0 radical (unpaired) electrons. The van der Waals surface area contributed by atoms with Crippen LogP contribution in [0.5, 0.6) is 0 Å². The van der Waals surface area contributed by atoms with Crippen molar-refractivity contribution < 1.29 is 9.53 Å². The van der Waals surface area contributed by atoms with E-state index in [1.165, 1.54) is 7.11 Å². The average molecular weight is 215 g/mol. The summed E-state index contributed by atoms with van der Waals surface area (Å²) in [4.78, 5) is 11.5. The van der Waals surface area contributed by atoms with Crippen molar-refractivity contribution in [2.75, 3.05) is 7.11 Å². The summed E-state index contributed by atoms with van der Waals surface area (Å²) in [7, 11) is 1.37. The lowest BCUT2D eigenvalue weighted by atomic mass is 10.1. The minimum Gasteiger partial charge on any atom is -0.465 e. The number of nitrogens with zero attached hydrogens (tertiary/aromatic N) is 2. The van der Waals surface area contributed by atoms with E-state index in [4.69, 9.17) is 16.3 Å². The number of carbonyl (C=O) groups is 1. The Morgan fingerprint density at radius 3 is 3.14 bits per heavy atom. The number of aryl methyl sites for hydroxylation is 1. The molecule has 2 heterocycles. The minimum atomic E-state index is -0.330. The molecule has 0 N–H and O–H groups in total. The molecule has 5 heteroatoms. The molecule has 0 amide bonds. The van der Waals surface area contributed by atoms with Crippen LogP contribution in [0, 0.1) is 0 Å². The lowest BCUT2D eigenvalue weighted by molar-refractivity contribution is 0.0598. The van der Waals surface area contributed by atoms with Crippen molar-refractivity contribution in [2.24, 2.45) is 0 Å². The third-order valence-corrected chi connectivity index (χ3v) is 2.68. The molecular formula is C9H11ClN2O2. The van der Waals surface area contributed by atoms with Gasteiger partial charge in [-0.2, -0.15) is 5.10 Å². The van der Waals surface area contributed by atoms with Gasteiger partial charge in [0.1, 0.15) is 5.56 Å². The summed E-state index contributed by atoms with van der Waals surface area (Å²) in [5.41, 5.74) is 2.17. The SMILES string of the molecule is COC(=O)c1c(CCl)nn2c1CCC2. The van der Waals surface area contributed by atoms with Crippen molar-refractivity contribution in [1.82, 2.24) is 9.78 Å². The highest BCUT2D eigenvalue weighted by Gasteiger charge is 2.26. The number of fused-ring (bicyclic) bond motifs is 1.